The van der Waals surface area contributed by atoms with Gasteiger partial charge in [0.25, 0.3) is 0 Å². The zero-order chi connectivity index (χ0) is 12.7. The normalized spacial score (nSPS) is 10.8. The number of nitrogens with two attached hydrogens (primary N) is 1. The molecule has 0 amide bonds. The molecule has 1 rings (SSSR count). The van der Waals surface area contributed by atoms with Gasteiger partial charge in [-0.1, -0.05) is 13.8 Å². The maximum Gasteiger partial charge on any atom is 0.141 e. The van der Waals surface area contributed by atoms with Crippen LogP contribution in [0, 0.1) is 17.2 Å². The molecular weight excluding hydrogens is 214 g/mol. The molecule has 0 saturated heterocycles. The molecule has 1 aromatic rings. The molecule has 1 aromatic heterocycles. The van der Waals surface area contributed by atoms with Gasteiger partial charge >= 0.3 is 0 Å². The fourth-order valence-corrected chi connectivity index (χ4v) is 1.63. The van der Waals surface area contributed by atoms with Crippen LogP contribution < -0.4 is 5.73 Å². The lowest BCUT2D eigenvalue weighted by Gasteiger charge is -2.22. The number of nitrogens with zero attached hydrogens (tertiary/aromatic N) is 4. The Labute approximate surface area is 102 Å². The Morgan fingerprint density at radius 2 is 2.18 bits per heavy atom. The third-order valence-corrected chi connectivity index (χ3v) is 2.27. The maximum absolute atomic E-state index is 8.63. The second-order valence-corrected chi connectivity index (χ2v) is 4.47. The lowest BCUT2D eigenvalue weighted by molar-refractivity contribution is 0.238. The molecule has 0 aliphatic rings. The summed E-state index contributed by atoms with van der Waals surface area (Å²) in [5, 5.41) is 8.63. The van der Waals surface area contributed by atoms with E-state index in [-0.39, 0.29) is 0 Å². The molecule has 1 heterocycles. The number of rotatable bonds is 6. The van der Waals surface area contributed by atoms with Gasteiger partial charge in [-0.25, -0.2) is 4.98 Å². The second-order valence-electron chi connectivity index (χ2n) is 4.47. The van der Waals surface area contributed by atoms with Crippen molar-refractivity contribution >= 4 is 5.82 Å². The van der Waals surface area contributed by atoms with Gasteiger partial charge in [0, 0.05) is 26.1 Å². The Bertz CT molecular complexity index is 365. The van der Waals surface area contributed by atoms with E-state index in [9.17, 15) is 0 Å². The van der Waals surface area contributed by atoms with E-state index in [4.69, 9.17) is 11.0 Å². The van der Waals surface area contributed by atoms with Crippen molar-refractivity contribution in [3.8, 4) is 6.07 Å². The predicted octanol–water partition coefficient (Wildman–Crippen LogP) is 1.43. The average Bonchev–Trinajstić information content (AvgIpc) is 2.28. The fourth-order valence-electron chi connectivity index (χ4n) is 1.63. The minimum absolute atomic E-state index is 0.432. The Hall–Kier alpha value is -1.67. The maximum atomic E-state index is 8.63. The highest BCUT2D eigenvalue weighted by Crippen LogP contribution is 2.06. The van der Waals surface area contributed by atoms with Gasteiger partial charge < -0.3 is 5.73 Å². The molecule has 0 aliphatic heterocycles. The van der Waals surface area contributed by atoms with Crippen LogP contribution in [-0.4, -0.2) is 28.0 Å². The number of anilines is 1. The standard InChI is InChI=1S/C12H19N5/c1-10(2)8-17(5-3-4-13)9-11-6-16-12(14)7-15-11/h6-7,10H,3,5,8-9H2,1-2H3,(H2,14,16). The molecule has 0 unspecified atom stereocenters. The fraction of sp³-hybridized carbons (Fsp3) is 0.583. The van der Waals surface area contributed by atoms with Gasteiger partial charge in [-0.2, -0.15) is 5.26 Å². The molecule has 0 aliphatic carbocycles. The number of nitriles is 1. The number of nitrogen functional groups attached to an aromatic ring is 1. The van der Waals surface area contributed by atoms with E-state index in [1.807, 2.05) is 0 Å². The van der Waals surface area contributed by atoms with Crippen LogP contribution in [0.5, 0.6) is 0 Å². The highest BCUT2D eigenvalue weighted by atomic mass is 15.1. The van der Waals surface area contributed by atoms with E-state index < -0.39 is 0 Å². The zero-order valence-electron chi connectivity index (χ0n) is 10.4. The molecule has 5 nitrogen and oxygen atoms in total. The van der Waals surface area contributed by atoms with Gasteiger partial charge in [0.2, 0.25) is 0 Å². The van der Waals surface area contributed by atoms with Crippen LogP contribution in [0.1, 0.15) is 26.0 Å². The van der Waals surface area contributed by atoms with Crippen LogP contribution in [0.25, 0.3) is 0 Å². The van der Waals surface area contributed by atoms with Crippen molar-refractivity contribution in [2.24, 2.45) is 5.92 Å². The summed E-state index contributed by atoms with van der Waals surface area (Å²) in [7, 11) is 0. The second kappa shape index (κ2) is 6.81. The van der Waals surface area contributed by atoms with Crippen LogP contribution in [0.15, 0.2) is 12.4 Å². The third-order valence-electron chi connectivity index (χ3n) is 2.27. The van der Waals surface area contributed by atoms with Gasteiger partial charge in [-0.3, -0.25) is 9.88 Å². The van der Waals surface area contributed by atoms with Gasteiger partial charge in [0.15, 0.2) is 0 Å². The van der Waals surface area contributed by atoms with Crippen molar-refractivity contribution in [3.63, 3.8) is 0 Å². The summed E-state index contributed by atoms with van der Waals surface area (Å²) in [4.78, 5) is 10.5. The molecule has 0 bridgehead atoms. The largest absolute Gasteiger partial charge is 0.382 e. The summed E-state index contributed by atoms with van der Waals surface area (Å²) in [6.45, 7) is 6.75. The molecule has 0 saturated carbocycles. The molecule has 0 spiro atoms. The van der Waals surface area contributed by atoms with Crippen molar-refractivity contribution in [1.82, 2.24) is 14.9 Å². The number of aromatic nitrogens is 2. The molecule has 2 N–H and O–H groups in total. The van der Waals surface area contributed by atoms with Crippen LogP contribution >= 0.6 is 0 Å². The highest BCUT2D eigenvalue weighted by Gasteiger charge is 2.08. The van der Waals surface area contributed by atoms with Gasteiger partial charge in [0.1, 0.15) is 5.82 Å². The van der Waals surface area contributed by atoms with Crippen LogP contribution in [-0.2, 0) is 6.54 Å². The lowest BCUT2D eigenvalue weighted by atomic mass is 10.2. The monoisotopic (exact) mass is 233 g/mol. The topological polar surface area (TPSA) is 78.8 Å². The first kappa shape index (κ1) is 13.4. The molecule has 0 fully saturated rings. The van der Waals surface area contributed by atoms with Gasteiger partial charge in [-0.05, 0) is 5.92 Å². The average molecular weight is 233 g/mol. The van der Waals surface area contributed by atoms with E-state index in [0.29, 0.717) is 24.7 Å². The van der Waals surface area contributed by atoms with Gasteiger partial charge in [0.05, 0.1) is 24.2 Å². The summed E-state index contributed by atoms with van der Waals surface area (Å²) in [5.74, 6) is 0.997. The first-order chi connectivity index (χ1) is 8.11. The van der Waals surface area contributed by atoms with Crippen LogP contribution in [0.2, 0.25) is 0 Å². The predicted molar refractivity (Wildman–Crippen MR) is 66.8 cm³/mol. The van der Waals surface area contributed by atoms with Crippen LogP contribution in [0.4, 0.5) is 5.82 Å². The Morgan fingerprint density at radius 3 is 2.71 bits per heavy atom. The quantitative estimate of drug-likeness (QED) is 0.804. The molecule has 92 valence electrons. The van der Waals surface area contributed by atoms with Crippen molar-refractivity contribution < 1.29 is 0 Å². The van der Waals surface area contributed by atoms with Crippen molar-refractivity contribution in [2.75, 3.05) is 18.8 Å². The number of hydrogen-bond donors (Lipinski definition) is 1. The van der Waals surface area contributed by atoms with E-state index in [1.165, 1.54) is 0 Å². The Balaban J connectivity index is 2.58. The van der Waals surface area contributed by atoms with Gasteiger partial charge in [-0.15, -0.1) is 0 Å². The molecule has 17 heavy (non-hydrogen) atoms. The summed E-state index contributed by atoms with van der Waals surface area (Å²) < 4.78 is 0. The zero-order valence-corrected chi connectivity index (χ0v) is 10.4. The first-order valence-corrected chi connectivity index (χ1v) is 5.77. The Kier molecular flexibility index (Phi) is 5.37. The minimum atomic E-state index is 0.432. The SMILES string of the molecule is CC(C)CN(CCC#N)Cc1cnc(N)cn1. The van der Waals surface area contributed by atoms with Crippen molar-refractivity contribution in [3.05, 3.63) is 18.1 Å². The van der Waals surface area contributed by atoms with E-state index in [0.717, 1.165) is 18.8 Å². The number of hydrogen-bond acceptors (Lipinski definition) is 5. The summed E-state index contributed by atoms with van der Waals surface area (Å²) in [6.07, 6.45) is 3.79. The lowest BCUT2D eigenvalue weighted by Crippen LogP contribution is -2.28. The molecule has 5 heteroatoms. The third kappa shape index (κ3) is 5.27. The van der Waals surface area contributed by atoms with E-state index in [1.54, 1.807) is 12.4 Å². The molecule has 0 radical (unpaired) electrons. The summed E-state index contributed by atoms with van der Waals surface area (Å²) in [5.41, 5.74) is 6.37. The molecular formula is C12H19N5. The minimum Gasteiger partial charge on any atom is -0.382 e. The van der Waals surface area contributed by atoms with Crippen molar-refractivity contribution in [2.45, 2.75) is 26.8 Å². The summed E-state index contributed by atoms with van der Waals surface area (Å²) >= 11 is 0. The van der Waals surface area contributed by atoms with Crippen molar-refractivity contribution in [1.29, 1.82) is 5.26 Å². The molecule has 0 aromatic carbocycles. The van der Waals surface area contributed by atoms with E-state index in [2.05, 4.69) is 34.8 Å². The smallest absolute Gasteiger partial charge is 0.141 e. The van der Waals surface area contributed by atoms with E-state index >= 15 is 0 Å². The Morgan fingerprint density at radius 1 is 1.41 bits per heavy atom. The molecule has 0 atom stereocenters. The highest BCUT2D eigenvalue weighted by molar-refractivity contribution is 5.22. The summed E-state index contributed by atoms with van der Waals surface area (Å²) in [6, 6.07) is 2.17. The van der Waals surface area contributed by atoms with Crippen LogP contribution in [0.3, 0.4) is 0 Å². The first-order valence-electron chi connectivity index (χ1n) is 5.77.